The average molecular weight is 283 g/mol. The molecular weight excluding hydrogens is 270 g/mol. The second-order valence-electron chi connectivity index (χ2n) is 4.05. The molecule has 102 valence electrons. The predicted molar refractivity (Wildman–Crippen MR) is 67.5 cm³/mol. The van der Waals surface area contributed by atoms with Crippen LogP contribution >= 0.6 is 0 Å². The highest BCUT2D eigenvalue weighted by atomic mass is 32.2. The van der Waals surface area contributed by atoms with E-state index in [1.807, 2.05) is 4.83 Å². The molecule has 0 bridgehead atoms. The van der Waals surface area contributed by atoms with E-state index in [4.69, 9.17) is 0 Å². The number of anilines is 1. The van der Waals surface area contributed by atoms with Crippen LogP contribution < -0.4 is 15.6 Å². The number of hydrogen-bond acceptors (Lipinski definition) is 4. The first-order valence-corrected chi connectivity index (χ1v) is 7.14. The monoisotopic (exact) mass is 283 g/mol. The van der Waals surface area contributed by atoms with Gasteiger partial charge in [-0.3, -0.25) is 15.0 Å². The molecule has 2 rings (SSSR count). The van der Waals surface area contributed by atoms with Gasteiger partial charge in [0.25, 0.3) is 10.0 Å². The molecule has 0 unspecified atom stereocenters. The van der Waals surface area contributed by atoms with Crippen molar-refractivity contribution in [2.75, 3.05) is 5.32 Å². The lowest BCUT2D eigenvalue weighted by molar-refractivity contribution is -0.121. The predicted octanol–water partition coefficient (Wildman–Crippen LogP) is -0.0993. The van der Waals surface area contributed by atoms with Crippen molar-refractivity contribution in [2.45, 2.75) is 24.7 Å². The second-order valence-corrected chi connectivity index (χ2v) is 5.73. The van der Waals surface area contributed by atoms with Gasteiger partial charge in [0.05, 0.1) is 11.3 Å². The van der Waals surface area contributed by atoms with Crippen LogP contribution in [-0.2, 0) is 26.0 Å². The molecule has 0 radical (unpaired) electrons. The molecule has 7 nitrogen and oxygen atoms in total. The number of hydrazine groups is 1. The molecule has 0 atom stereocenters. The summed E-state index contributed by atoms with van der Waals surface area (Å²) in [6.45, 7) is 1.61. The highest BCUT2D eigenvalue weighted by molar-refractivity contribution is 7.89. The molecule has 0 saturated carbocycles. The normalized spacial score (nSPS) is 13.8. The van der Waals surface area contributed by atoms with Crippen LogP contribution in [0, 0.1) is 0 Å². The molecule has 0 fully saturated rings. The lowest BCUT2D eigenvalue weighted by Gasteiger charge is -2.08. The molecule has 0 saturated heterocycles. The summed E-state index contributed by atoms with van der Waals surface area (Å²) < 4.78 is 23.8. The van der Waals surface area contributed by atoms with Crippen molar-refractivity contribution < 1.29 is 18.0 Å². The van der Waals surface area contributed by atoms with E-state index in [0.29, 0.717) is 11.3 Å². The minimum atomic E-state index is -3.83. The molecule has 3 N–H and O–H groups in total. The molecule has 0 aromatic heterocycles. The van der Waals surface area contributed by atoms with Crippen LogP contribution in [0.1, 0.15) is 18.9 Å². The van der Waals surface area contributed by atoms with Gasteiger partial charge in [-0.25, -0.2) is 8.42 Å². The molecule has 1 aromatic carbocycles. The Morgan fingerprint density at radius 3 is 2.84 bits per heavy atom. The summed E-state index contributed by atoms with van der Waals surface area (Å²) in [5, 5.41) is 2.61. The Morgan fingerprint density at radius 2 is 2.16 bits per heavy atom. The van der Waals surface area contributed by atoms with E-state index in [0.717, 1.165) is 0 Å². The van der Waals surface area contributed by atoms with E-state index in [2.05, 4.69) is 10.7 Å². The number of benzene rings is 1. The number of rotatable bonds is 4. The van der Waals surface area contributed by atoms with Crippen LogP contribution in [0.15, 0.2) is 23.1 Å². The molecule has 1 aliphatic heterocycles. The van der Waals surface area contributed by atoms with Gasteiger partial charge in [-0.1, -0.05) is 6.92 Å². The fourth-order valence-corrected chi connectivity index (χ4v) is 2.55. The van der Waals surface area contributed by atoms with Crippen molar-refractivity contribution in [3.8, 4) is 0 Å². The molecule has 1 heterocycles. The van der Waals surface area contributed by atoms with Gasteiger partial charge in [0.2, 0.25) is 11.8 Å². The average Bonchev–Trinajstić information content (AvgIpc) is 2.74. The summed E-state index contributed by atoms with van der Waals surface area (Å²) in [4.78, 5) is 24.2. The number of carbonyl (C=O) groups is 2. The Hall–Kier alpha value is -1.93. The first-order chi connectivity index (χ1) is 8.92. The fourth-order valence-electron chi connectivity index (χ4n) is 1.64. The lowest BCUT2D eigenvalue weighted by atomic mass is 10.2. The smallest absolute Gasteiger partial charge is 0.257 e. The highest BCUT2D eigenvalue weighted by Crippen LogP contribution is 2.25. The van der Waals surface area contributed by atoms with Gasteiger partial charge >= 0.3 is 0 Å². The number of sulfonamides is 1. The molecule has 2 amide bonds. The molecule has 19 heavy (non-hydrogen) atoms. The summed E-state index contributed by atoms with van der Waals surface area (Å²) in [5.74, 6) is -0.599. The number of hydrogen-bond donors (Lipinski definition) is 3. The highest BCUT2D eigenvalue weighted by Gasteiger charge is 2.21. The van der Waals surface area contributed by atoms with Crippen LogP contribution in [0.5, 0.6) is 0 Å². The summed E-state index contributed by atoms with van der Waals surface area (Å²) in [6, 6.07) is 4.30. The van der Waals surface area contributed by atoms with Crippen LogP contribution in [0.4, 0.5) is 5.69 Å². The second kappa shape index (κ2) is 4.98. The minimum absolute atomic E-state index is 0.000784. The molecule has 1 aliphatic rings. The van der Waals surface area contributed by atoms with Gasteiger partial charge < -0.3 is 5.32 Å². The van der Waals surface area contributed by atoms with Crippen LogP contribution in [0.25, 0.3) is 0 Å². The van der Waals surface area contributed by atoms with E-state index in [9.17, 15) is 18.0 Å². The Labute approximate surface area is 110 Å². The van der Waals surface area contributed by atoms with Crippen LogP contribution in [-0.4, -0.2) is 20.2 Å². The van der Waals surface area contributed by atoms with Crippen molar-refractivity contribution >= 4 is 27.5 Å². The maximum Gasteiger partial charge on any atom is 0.257 e. The van der Waals surface area contributed by atoms with Crippen molar-refractivity contribution in [2.24, 2.45) is 0 Å². The zero-order valence-electron chi connectivity index (χ0n) is 10.2. The summed E-state index contributed by atoms with van der Waals surface area (Å²) in [5.41, 5.74) is 3.32. The van der Waals surface area contributed by atoms with E-state index in [1.54, 1.807) is 6.92 Å². The zero-order valence-corrected chi connectivity index (χ0v) is 11.0. The van der Waals surface area contributed by atoms with Crippen molar-refractivity contribution in [1.82, 2.24) is 10.3 Å². The van der Waals surface area contributed by atoms with Gasteiger partial charge in [-0.2, -0.15) is 0 Å². The standard InChI is InChI=1S/C11H13N3O4S/c1-2-10(15)13-14-19(17,18)8-3-4-9-7(5-8)6-11(16)12-9/h3-5,14H,2,6H2,1H3,(H,12,16)(H,13,15). The zero-order chi connectivity index (χ0) is 14.0. The molecular formula is C11H13N3O4S. The van der Waals surface area contributed by atoms with E-state index >= 15 is 0 Å². The van der Waals surface area contributed by atoms with Gasteiger partial charge in [-0.15, -0.1) is 4.83 Å². The van der Waals surface area contributed by atoms with Crippen molar-refractivity contribution in [3.05, 3.63) is 23.8 Å². The molecule has 0 aliphatic carbocycles. The van der Waals surface area contributed by atoms with Gasteiger partial charge in [0.15, 0.2) is 0 Å². The van der Waals surface area contributed by atoms with Crippen molar-refractivity contribution in [3.63, 3.8) is 0 Å². The fraction of sp³-hybridized carbons (Fsp3) is 0.273. The number of amides is 2. The quantitative estimate of drug-likeness (QED) is 0.671. The number of nitrogens with one attached hydrogen (secondary N) is 3. The van der Waals surface area contributed by atoms with E-state index in [-0.39, 0.29) is 23.6 Å². The third-order valence-corrected chi connectivity index (χ3v) is 3.90. The maximum atomic E-state index is 11.9. The summed E-state index contributed by atoms with van der Waals surface area (Å²) in [6.07, 6.45) is 0.325. The number of fused-ring (bicyclic) bond motifs is 1. The topological polar surface area (TPSA) is 104 Å². The first kappa shape index (κ1) is 13.5. The third-order valence-electron chi connectivity index (χ3n) is 2.66. The molecule has 0 spiro atoms. The van der Waals surface area contributed by atoms with Crippen LogP contribution in [0.2, 0.25) is 0 Å². The minimum Gasteiger partial charge on any atom is -0.326 e. The van der Waals surface area contributed by atoms with E-state index < -0.39 is 15.9 Å². The maximum absolute atomic E-state index is 11.9. The van der Waals surface area contributed by atoms with Gasteiger partial charge in [0, 0.05) is 12.1 Å². The third kappa shape index (κ3) is 2.91. The largest absolute Gasteiger partial charge is 0.326 e. The van der Waals surface area contributed by atoms with Crippen LogP contribution in [0.3, 0.4) is 0 Å². The first-order valence-electron chi connectivity index (χ1n) is 5.66. The van der Waals surface area contributed by atoms with Crippen molar-refractivity contribution in [1.29, 1.82) is 0 Å². The Bertz CT molecular complexity index is 639. The Morgan fingerprint density at radius 1 is 1.42 bits per heavy atom. The SMILES string of the molecule is CCC(=O)NNS(=O)(=O)c1ccc2c(c1)CC(=O)N2. The Balaban J connectivity index is 2.20. The van der Waals surface area contributed by atoms with Gasteiger partial charge in [-0.05, 0) is 23.8 Å². The number of carbonyl (C=O) groups excluding carboxylic acids is 2. The summed E-state index contributed by atoms with van der Waals surface area (Å²) >= 11 is 0. The van der Waals surface area contributed by atoms with E-state index in [1.165, 1.54) is 18.2 Å². The Kier molecular flexibility index (Phi) is 3.54. The molecule has 1 aromatic rings. The molecule has 8 heteroatoms. The lowest BCUT2D eigenvalue weighted by Crippen LogP contribution is -2.41. The summed E-state index contributed by atoms with van der Waals surface area (Å²) in [7, 11) is -3.83. The van der Waals surface area contributed by atoms with Gasteiger partial charge in [0.1, 0.15) is 0 Å².